The molecule has 1 unspecified atom stereocenters. The summed E-state index contributed by atoms with van der Waals surface area (Å²) in [5.74, 6) is 1.88. The minimum absolute atomic E-state index is 0.649. The van der Waals surface area contributed by atoms with Crippen molar-refractivity contribution in [3.05, 3.63) is 0 Å². The second kappa shape index (κ2) is 2.54. The predicted molar refractivity (Wildman–Crippen MR) is 40.9 cm³/mol. The molecule has 0 N–H and O–H groups in total. The maximum atomic E-state index is 5.61. The largest absolute Gasteiger partial charge is 0.378 e. The van der Waals surface area contributed by atoms with Crippen molar-refractivity contribution in [1.82, 2.24) is 0 Å². The smallest absolute Gasteiger partial charge is 0.0604 e. The molecule has 1 aliphatic heterocycles. The van der Waals surface area contributed by atoms with E-state index in [1.807, 2.05) is 0 Å². The van der Waals surface area contributed by atoms with E-state index >= 15 is 0 Å². The fraction of sp³-hybridized carbons (Fsp3) is 1.00. The Balaban J connectivity index is 1.96. The first-order chi connectivity index (χ1) is 4.86. The lowest BCUT2D eigenvalue weighted by atomic mass is 9.80. The van der Waals surface area contributed by atoms with Crippen molar-refractivity contribution in [2.75, 3.05) is 6.61 Å². The summed E-state index contributed by atoms with van der Waals surface area (Å²) < 4.78 is 5.61. The van der Waals surface area contributed by atoms with Gasteiger partial charge in [-0.1, -0.05) is 6.92 Å². The first-order valence-electron chi connectivity index (χ1n) is 4.48. The molecule has 0 aromatic heterocycles. The molecule has 2 rings (SSSR count). The first-order valence-corrected chi connectivity index (χ1v) is 4.48. The Morgan fingerprint density at radius 2 is 2.10 bits per heavy atom. The summed E-state index contributed by atoms with van der Waals surface area (Å²) in [6.45, 7) is 3.40. The Kier molecular flexibility index (Phi) is 1.69. The molecule has 0 amide bonds. The second-order valence-electron chi connectivity index (χ2n) is 3.88. The Hall–Kier alpha value is -0.0400. The zero-order valence-electron chi connectivity index (χ0n) is 6.68. The fourth-order valence-corrected chi connectivity index (χ4v) is 2.36. The highest BCUT2D eigenvalue weighted by Crippen LogP contribution is 2.36. The third-order valence-electron chi connectivity index (χ3n) is 3.00. The zero-order chi connectivity index (χ0) is 6.97. The highest BCUT2D eigenvalue weighted by molar-refractivity contribution is 4.82. The minimum Gasteiger partial charge on any atom is -0.378 e. The van der Waals surface area contributed by atoms with Crippen LogP contribution in [0, 0.1) is 11.8 Å². The van der Waals surface area contributed by atoms with E-state index in [0.29, 0.717) is 6.10 Å². The highest BCUT2D eigenvalue weighted by atomic mass is 16.5. The first kappa shape index (κ1) is 6.66. The third-order valence-corrected chi connectivity index (χ3v) is 3.00. The van der Waals surface area contributed by atoms with Gasteiger partial charge < -0.3 is 4.74 Å². The van der Waals surface area contributed by atoms with E-state index in [9.17, 15) is 0 Å². The summed E-state index contributed by atoms with van der Waals surface area (Å²) in [5.41, 5.74) is 0. The van der Waals surface area contributed by atoms with Crippen LogP contribution in [-0.4, -0.2) is 12.7 Å². The summed E-state index contributed by atoms with van der Waals surface area (Å²) in [4.78, 5) is 0. The number of rotatable bonds is 0. The number of hydrogen-bond acceptors (Lipinski definition) is 1. The molecule has 1 heteroatoms. The van der Waals surface area contributed by atoms with E-state index in [4.69, 9.17) is 4.74 Å². The molecule has 0 aromatic carbocycles. The van der Waals surface area contributed by atoms with Crippen LogP contribution in [0.5, 0.6) is 0 Å². The highest BCUT2D eigenvalue weighted by Gasteiger charge is 2.32. The molecular formula is C9H16O. The van der Waals surface area contributed by atoms with E-state index in [2.05, 4.69) is 6.92 Å². The molecule has 1 aliphatic carbocycles. The summed E-state index contributed by atoms with van der Waals surface area (Å²) >= 11 is 0. The lowest BCUT2D eigenvalue weighted by molar-refractivity contribution is 0.0542. The quantitative estimate of drug-likeness (QED) is 0.501. The Morgan fingerprint density at radius 1 is 1.20 bits per heavy atom. The van der Waals surface area contributed by atoms with E-state index in [0.717, 1.165) is 18.4 Å². The molecule has 3 atom stereocenters. The minimum atomic E-state index is 0.649. The van der Waals surface area contributed by atoms with Gasteiger partial charge in [-0.3, -0.25) is 0 Å². The molecule has 1 saturated carbocycles. The van der Waals surface area contributed by atoms with E-state index in [-0.39, 0.29) is 0 Å². The SMILES string of the molecule is C[C@@H]1CCC2OCC[C@@H]2C1. The maximum Gasteiger partial charge on any atom is 0.0604 e. The van der Waals surface area contributed by atoms with Crippen molar-refractivity contribution in [3.63, 3.8) is 0 Å². The van der Waals surface area contributed by atoms with Crippen molar-refractivity contribution in [2.45, 2.75) is 38.7 Å². The summed E-state index contributed by atoms with van der Waals surface area (Å²) in [6.07, 6.45) is 6.11. The lowest BCUT2D eigenvalue weighted by Gasteiger charge is -2.28. The van der Waals surface area contributed by atoms with Crippen LogP contribution in [0.4, 0.5) is 0 Å². The van der Waals surface area contributed by atoms with Gasteiger partial charge in [0.1, 0.15) is 0 Å². The molecule has 1 nitrogen and oxygen atoms in total. The van der Waals surface area contributed by atoms with Crippen LogP contribution < -0.4 is 0 Å². The Labute approximate surface area is 62.8 Å². The van der Waals surface area contributed by atoms with Crippen molar-refractivity contribution in [1.29, 1.82) is 0 Å². The van der Waals surface area contributed by atoms with E-state index in [1.165, 1.54) is 25.7 Å². The second-order valence-corrected chi connectivity index (χ2v) is 3.88. The van der Waals surface area contributed by atoms with Crippen molar-refractivity contribution >= 4 is 0 Å². The molecule has 0 aromatic rings. The topological polar surface area (TPSA) is 9.23 Å². The van der Waals surface area contributed by atoms with Crippen LogP contribution in [0.2, 0.25) is 0 Å². The van der Waals surface area contributed by atoms with Gasteiger partial charge in [0.05, 0.1) is 6.10 Å². The average molecular weight is 140 g/mol. The molecule has 2 fully saturated rings. The molecule has 10 heavy (non-hydrogen) atoms. The molecule has 0 radical (unpaired) electrons. The fourth-order valence-electron chi connectivity index (χ4n) is 2.36. The van der Waals surface area contributed by atoms with Crippen LogP contribution in [0.25, 0.3) is 0 Å². The standard InChI is InChI=1S/C9H16O/c1-7-2-3-9-8(6-7)4-5-10-9/h7-9H,2-6H2,1H3/t7-,8-,9?/m1/s1. The van der Waals surface area contributed by atoms with Crippen molar-refractivity contribution < 1.29 is 4.74 Å². The van der Waals surface area contributed by atoms with Crippen LogP contribution in [0.1, 0.15) is 32.6 Å². The van der Waals surface area contributed by atoms with E-state index in [1.54, 1.807) is 0 Å². The Bertz CT molecular complexity index is 122. The predicted octanol–water partition coefficient (Wildman–Crippen LogP) is 2.21. The zero-order valence-corrected chi connectivity index (χ0v) is 6.68. The van der Waals surface area contributed by atoms with Crippen molar-refractivity contribution in [3.8, 4) is 0 Å². The monoisotopic (exact) mass is 140 g/mol. The van der Waals surface area contributed by atoms with Gasteiger partial charge in [0.25, 0.3) is 0 Å². The molecule has 2 aliphatic rings. The molecule has 1 heterocycles. The van der Waals surface area contributed by atoms with Gasteiger partial charge >= 0.3 is 0 Å². The van der Waals surface area contributed by atoms with Crippen LogP contribution in [0.15, 0.2) is 0 Å². The normalized spacial score (nSPS) is 47.1. The van der Waals surface area contributed by atoms with Gasteiger partial charge in [-0.2, -0.15) is 0 Å². The van der Waals surface area contributed by atoms with Gasteiger partial charge in [0.15, 0.2) is 0 Å². The van der Waals surface area contributed by atoms with Crippen LogP contribution in [0.3, 0.4) is 0 Å². The van der Waals surface area contributed by atoms with Gasteiger partial charge in [-0.05, 0) is 37.5 Å². The maximum absolute atomic E-state index is 5.61. The van der Waals surface area contributed by atoms with Crippen molar-refractivity contribution in [2.24, 2.45) is 11.8 Å². The number of hydrogen-bond donors (Lipinski definition) is 0. The summed E-state index contributed by atoms with van der Waals surface area (Å²) in [5, 5.41) is 0. The molecule has 0 spiro atoms. The van der Waals surface area contributed by atoms with Gasteiger partial charge in [-0.25, -0.2) is 0 Å². The molecule has 1 saturated heterocycles. The molecular weight excluding hydrogens is 124 g/mol. The summed E-state index contributed by atoms with van der Waals surface area (Å²) in [6, 6.07) is 0. The van der Waals surface area contributed by atoms with Crippen LogP contribution >= 0.6 is 0 Å². The Morgan fingerprint density at radius 3 is 3.00 bits per heavy atom. The molecule has 0 bridgehead atoms. The lowest BCUT2D eigenvalue weighted by Crippen LogP contribution is -2.24. The third kappa shape index (κ3) is 1.07. The average Bonchev–Trinajstić information content (AvgIpc) is 2.33. The van der Waals surface area contributed by atoms with Gasteiger partial charge in [0.2, 0.25) is 0 Å². The van der Waals surface area contributed by atoms with E-state index < -0.39 is 0 Å². The van der Waals surface area contributed by atoms with Gasteiger partial charge in [-0.15, -0.1) is 0 Å². The number of fused-ring (bicyclic) bond motifs is 1. The molecule has 58 valence electrons. The number of ether oxygens (including phenoxy) is 1. The summed E-state index contributed by atoms with van der Waals surface area (Å²) in [7, 11) is 0. The van der Waals surface area contributed by atoms with Gasteiger partial charge in [0, 0.05) is 6.61 Å². The van der Waals surface area contributed by atoms with Crippen LogP contribution in [-0.2, 0) is 4.74 Å².